The molecule has 0 N–H and O–H groups in total. The molecule has 1 aliphatic rings. The van der Waals surface area contributed by atoms with E-state index in [4.69, 9.17) is 0 Å². The van der Waals surface area contributed by atoms with Gasteiger partial charge >= 0.3 is 0 Å². The highest BCUT2D eigenvalue weighted by Crippen LogP contribution is 2.22. The number of halogens is 2. The molecule has 2 aromatic rings. The molecule has 0 saturated carbocycles. The molecule has 1 aliphatic heterocycles. The number of nitrogens with zero attached hydrogens (tertiary/aromatic N) is 3. The third-order valence-corrected chi connectivity index (χ3v) is 4.17. The maximum Gasteiger partial charge on any atom is 0.269 e. The van der Waals surface area contributed by atoms with E-state index < -0.39 is 28.0 Å². The Labute approximate surface area is 142 Å². The number of carbonyl (C=O) groups excluding carboxylic acids is 1. The Kier molecular flexibility index (Phi) is 4.60. The molecule has 130 valence electrons. The Morgan fingerprint density at radius 2 is 1.52 bits per heavy atom. The van der Waals surface area contributed by atoms with Crippen LogP contribution in [0, 0.1) is 21.7 Å². The summed E-state index contributed by atoms with van der Waals surface area (Å²) in [5.41, 5.74) is 0.272. The van der Waals surface area contributed by atoms with Gasteiger partial charge in [-0.2, -0.15) is 0 Å². The summed E-state index contributed by atoms with van der Waals surface area (Å²) in [5.74, 6) is -2.41. The fourth-order valence-corrected chi connectivity index (χ4v) is 2.81. The number of anilines is 1. The summed E-state index contributed by atoms with van der Waals surface area (Å²) >= 11 is 0. The van der Waals surface area contributed by atoms with E-state index >= 15 is 0 Å². The lowest BCUT2D eigenvalue weighted by atomic mass is 10.1. The van der Waals surface area contributed by atoms with E-state index in [1.165, 1.54) is 23.1 Å². The fraction of sp³-hybridized carbons (Fsp3) is 0.235. The van der Waals surface area contributed by atoms with Crippen LogP contribution in [0.3, 0.4) is 0 Å². The Morgan fingerprint density at radius 3 is 2.04 bits per heavy atom. The van der Waals surface area contributed by atoms with Crippen molar-refractivity contribution in [2.75, 3.05) is 31.1 Å². The van der Waals surface area contributed by atoms with E-state index in [0.29, 0.717) is 26.2 Å². The first-order valence-electron chi connectivity index (χ1n) is 7.70. The Bertz CT molecular complexity index is 783. The number of benzene rings is 2. The smallest absolute Gasteiger partial charge is 0.269 e. The number of hydrogen-bond donors (Lipinski definition) is 0. The molecule has 2 aromatic carbocycles. The highest BCUT2D eigenvalue weighted by Gasteiger charge is 2.26. The van der Waals surface area contributed by atoms with E-state index in [2.05, 4.69) is 0 Å². The van der Waals surface area contributed by atoms with Crippen LogP contribution in [-0.4, -0.2) is 41.9 Å². The Hall–Kier alpha value is -3.03. The second-order valence-electron chi connectivity index (χ2n) is 5.65. The van der Waals surface area contributed by atoms with E-state index in [9.17, 15) is 23.7 Å². The lowest BCUT2D eigenvalue weighted by Gasteiger charge is -2.36. The number of nitro groups is 1. The van der Waals surface area contributed by atoms with Crippen LogP contribution in [-0.2, 0) is 0 Å². The molecule has 1 fully saturated rings. The van der Waals surface area contributed by atoms with Gasteiger partial charge in [-0.1, -0.05) is 6.07 Å². The van der Waals surface area contributed by atoms with Crippen LogP contribution in [0.4, 0.5) is 20.2 Å². The number of non-ortho nitro benzene ring substituents is 1. The monoisotopic (exact) mass is 347 g/mol. The van der Waals surface area contributed by atoms with Gasteiger partial charge in [0, 0.05) is 44.0 Å². The van der Waals surface area contributed by atoms with E-state index in [1.807, 2.05) is 4.90 Å². The van der Waals surface area contributed by atoms with Crippen LogP contribution < -0.4 is 4.90 Å². The number of amides is 1. The van der Waals surface area contributed by atoms with Crippen LogP contribution in [0.2, 0.25) is 0 Å². The first-order valence-corrected chi connectivity index (χ1v) is 7.70. The second kappa shape index (κ2) is 6.84. The highest BCUT2D eigenvalue weighted by molar-refractivity contribution is 5.95. The molecule has 0 spiro atoms. The van der Waals surface area contributed by atoms with Gasteiger partial charge in [0.25, 0.3) is 11.6 Å². The molecule has 0 radical (unpaired) electrons. The van der Waals surface area contributed by atoms with Gasteiger partial charge in [0.05, 0.1) is 4.92 Å². The average Bonchev–Trinajstić information content (AvgIpc) is 2.61. The lowest BCUT2D eigenvalue weighted by molar-refractivity contribution is -0.384. The van der Waals surface area contributed by atoms with Crippen molar-refractivity contribution in [1.82, 2.24) is 4.90 Å². The number of nitro benzene ring substituents is 1. The first-order chi connectivity index (χ1) is 12.0. The van der Waals surface area contributed by atoms with Crippen molar-refractivity contribution in [2.45, 2.75) is 0 Å². The minimum atomic E-state index is -0.872. The summed E-state index contributed by atoms with van der Waals surface area (Å²) in [4.78, 5) is 25.9. The minimum Gasteiger partial charge on any atom is -0.368 e. The van der Waals surface area contributed by atoms with Gasteiger partial charge in [0.2, 0.25) is 0 Å². The third kappa shape index (κ3) is 3.42. The van der Waals surface area contributed by atoms with Crippen molar-refractivity contribution in [1.29, 1.82) is 0 Å². The molecule has 1 amide bonds. The molecule has 3 rings (SSSR count). The number of hydrogen-bond acceptors (Lipinski definition) is 4. The second-order valence-corrected chi connectivity index (χ2v) is 5.65. The van der Waals surface area contributed by atoms with Crippen molar-refractivity contribution >= 4 is 17.3 Å². The standard InChI is InChI=1S/C17H15F2N3O3/c18-14-2-1-3-15(19)16(14)17(23)21-10-8-20(9-11-21)12-4-6-13(7-5-12)22(24)25/h1-7H,8-11H2. The quantitative estimate of drug-likeness (QED) is 0.633. The highest BCUT2D eigenvalue weighted by atomic mass is 19.1. The topological polar surface area (TPSA) is 66.7 Å². The average molecular weight is 347 g/mol. The molecule has 0 aromatic heterocycles. The van der Waals surface area contributed by atoms with Gasteiger partial charge < -0.3 is 9.80 Å². The molecule has 8 heteroatoms. The Morgan fingerprint density at radius 1 is 0.960 bits per heavy atom. The first kappa shape index (κ1) is 16.8. The van der Waals surface area contributed by atoms with Gasteiger partial charge in [-0.25, -0.2) is 8.78 Å². The van der Waals surface area contributed by atoms with Crippen LogP contribution in [0.1, 0.15) is 10.4 Å². The molecule has 0 aliphatic carbocycles. The maximum absolute atomic E-state index is 13.7. The van der Waals surface area contributed by atoms with Crippen molar-refractivity contribution in [3.63, 3.8) is 0 Å². The minimum absolute atomic E-state index is 0.00703. The van der Waals surface area contributed by atoms with Crippen molar-refractivity contribution in [3.05, 3.63) is 69.8 Å². The number of carbonyl (C=O) groups is 1. The summed E-state index contributed by atoms with van der Waals surface area (Å²) < 4.78 is 27.5. The predicted molar refractivity (Wildman–Crippen MR) is 87.6 cm³/mol. The summed E-state index contributed by atoms with van der Waals surface area (Å²) in [5, 5.41) is 10.7. The fourth-order valence-electron chi connectivity index (χ4n) is 2.81. The lowest BCUT2D eigenvalue weighted by Crippen LogP contribution is -2.49. The van der Waals surface area contributed by atoms with Crippen molar-refractivity contribution in [2.24, 2.45) is 0 Å². The molecular formula is C17H15F2N3O3. The summed E-state index contributed by atoms with van der Waals surface area (Å²) in [6.07, 6.45) is 0. The van der Waals surface area contributed by atoms with Gasteiger partial charge in [-0.05, 0) is 24.3 Å². The summed E-state index contributed by atoms with van der Waals surface area (Å²) in [6, 6.07) is 9.46. The molecular weight excluding hydrogens is 332 g/mol. The third-order valence-electron chi connectivity index (χ3n) is 4.17. The van der Waals surface area contributed by atoms with Gasteiger partial charge in [0.1, 0.15) is 17.2 Å². The zero-order valence-electron chi connectivity index (χ0n) is 13.2. The van der Waals surface area contributed by atoms with Crippen LogP contribution in [0.5, 0.6) is 0 Å². The van der Waals surface area contributed by atoms with Crippen LogP contribution in [0.25, 0.3) is 0 Å². The van der Waals surface area contributed by atoms with Gasteiger partial charge in [0.15, 0.2) is 0 Å². The number of rotatable bonds is 3. The predicted octanol–water partition coefficient (Wildman–Crippen LogP) is 2.84. The van der Waals surface area contributed by atoms with Crippen LogP contribution in [0.15, 0.2) is 42.5 Å². The summed E-state index contributed by atoms with van der Waals surface area (Å²) in [7, 11) is 0. The van der Waals surface area contributed by atoms with Crippen LogP contribution >= 0.6 is 0 Å². The van der Waals surface area contributed by atoms with E-state index in [-0.39, 0.29) is 5.69 Å². The van der Waals surface area contributed by atoms with E-state index in [0.717, 1.165) is 17.8 Å². The number of piperazine rings is 1. The SMILES string of the molecule is O=C(c1c(F)cccc1F)N1CCN(c2ccc([N+](=O)[O-])cc2)CC1. The molecule has 1 saturated heterocycles. The maximum atomic E-state index is 13.7. The molecule has 0 bridgehead atoms. The van der Waals surface area contributed by atoms with Gasteiger partial charge in [-0.3, -0.25) is 14.9 Å². The normalized spacial score (nSPS) is 14.5. The Balaban J connectivity index is 1.67. The van der Waals surface area contributed by atoms with Gasteiger partial charge in [-0.15, -0.1) is 0 Å². The summed E-state index contributed by atoms with van der Waals surface area (Å²) in [6.45, 7) is 1.56. The molecule has 0 atom stereocenters. The largest absolute Gasteiger partial charge is 0.368 e. The van der Waals surface area contributed by atoms with Crippen molar-refractivity contribution in [3.8, 4) is 0 Å². The molecule has 25 heavy (non-hydrogen) atoms. The zero-order valence-corrected chi connectivity index (χ0v) is 13.2. The molecule has 0 unspecified atom stereocenters. The molecule has 1 heterocycles. The molecule has 6 nitrogen and oxygen atoms in total. The zero-order chi connectivity index (χ0) is 18.0. The van der Waals surface area contributed by atoms with Crippen molar-refractivity contribution < 1.29 is 18.5 Å². The van der Waals surface area contributed by atoms with E-state index in [1.54, 1.807) is 12.1 Å².